The maximum absolute atomic E-state index is 11.4. The number of benzene rings is 1. The van der Waals surface area contributed by atoms with Crippen LogP contribution in [0.1, 0.15) is 10.4 Å². The van der Waals surface area contributed by atoms with Gasteiger partial charge < -0.3 is 9.84 Å². The average molecular weight is 277 g/mol. The number of halogens is 1. The Morgan fingerprint density at radius 3 is 3.00 bits per heavy atom. The Balaban J connectivity index is 2.83. The first-order valence-electron chi connectivity index (χ1n) is 3.79. The maximum Gasteiger partial charge on any atom is 0.342 e. The van der Waals surface area contributed by atoms with Crippen molar-refractivity contribution in [3.05, 3.63) is 28.2 Å². The topological polar surface area (TPSA) is 46.5 Å². The molecule has 5 heteroatoms. The molecule has 3 nitrogen and oxygen atoms in total. The van der Waals surface area contributed by atoms with Gasteiger partial charge in [0.1, 0.15) is 17.3 Å². The molecule has 0 spiro atoms. The van der Waals surface area contributed by atoms with E-state index in [1.165, 1.54) is 23.9 Å². The second-order valence-corrected chi connectivity index (χ2v) is 4.23. The first-order chi connectivity index (χ1) is 6.65. The first-order valence-corrected chi connectivity index (χ1v) is 5.98. The van der Waals surface area contributed by atoms with Crippen LogP contribution in [0, 0.1) is 0 Å². The van der Waals surface area contributed by atoms with E-state index < -0.39 is 5.97 Å². The number of thioether (sulfide) groups is 1. The van der Waals surface area contributed by atoms with Gasteiger partial charge in [0.25, 0.3) is 0 Å². The smallest absolute Gasteiger partial charge is 0.342 e. The molecular formula is C9H9BrO3S. The molecule has 0 fully saturated rings. The van der Waals surface area contributed by atoms with E-state index in [1.54, 1.807) is 6.07 Å². The van der Waals surface area contributed by atoms with E-state index in [4.69, 9.17) is 4.74 Å². The Hall–Kier alpha value is -0.680. The summed E-state index contributed by atoms with van der Waals surface area (Å²) in [6.07, 6.45) is 1.83. The number of ether oxygens (including phenoxy) is 1. The number of hydrogen-bond acceptors (Lipinski definition) is 4. The minimum absolute atomic E-state index is 0.0701. The Kier molecular flexibility index (Phi) is 4.28. The minimum Gasteiger partial charge on any atom is -0.507 e. The SMILES string of the molecule is CSCOC(=O)c1cc(Br)ccc1O. The van der Waals surface area contributed by atoms with Gasteiger partial charge in [-0.05, 0) is 24.5 Å². The van der Waals surface area contributed by atoms with Crippen molar-refractivity contribution in [1.29, 1.82) is 0 Å². The maximum atomic E-state index is 11.4. The van der Waals surface area contributed by atoms with Crippen molar-refractivity contribution in [3.63, 3.8) is 0 Å². The summed E-state index contributed by atoms with van der Waals surface area (Å²) in [6, 6.07) is 4.62. The molecule has 0 aromatic heterocycles. The lowest BCUT2D eigenvalue weighted by Gasteiger charge is -2.04. The van der Waals surface area contributed by atoms with E-state index in [0.29, 0.717) is 0 Å². The molecule has 0 saturated heterocycles. The molecule has 0 bridgehead atoms. The van der Waals surface area contributed by atoms with Crippen LogP contribution in [0.4, 0.5) is 0 Å². The van der Waals surface area contributed by atoms with Crippen LogP contribution in [0.25, 0.3) is 0 Å². The lowest BCUT2D eigenvalue weighted by molar-refractivity contribution is 0.0576. The normalized spacial score (nSPS) is 9.86. The van der Waals surface area contributed by atoms with Gasteiger partial charge in [0.2, 0.25) is 0 Å². The zero-order valence-electron chi connectivity index (χ0n) is 7.49. The first kappa shape index (κ1) is 11.4. The van der Waals surface area contributed by atoms with Crippen molar-refractivity contribution >= 4 is 33.7 Å². The molecule has 0 atom stereocenters. The number of aromatic hydroxyl groups is 1. The third-order valence-corrected chi connectivity index (χ3v) is 2.33. The molecule has 1 rings (SSSR count). The molecule has 0 unspecified atom stereocenters. The zero-order chi connectivity index (χ0) is 10.6. The van der Waals surface area contributed by atoms with Gasteiger partial charge in [-0.15, -0.1) is 11.8 Å². The fourth-order valence-corrected chi connectivity index (χ4v) is 1.45. The average Bonchev–Trinajstić information content (AvgIpc) is 2.18. The summed E-state index contributed by atoms with van der Waals surface area (Å²) in [7, 11) is 0. The van der Waals surface area contributed by atoms with Crippen LogP contribution in [0.3, 0.4) is 0 Å². The lowest BCUT2D eigenvalue weighted by Crippen LogP contribution is -2.04. The van der Waals surface area contributed by atoms with Crippen LogP contribution in [0.2, 0.25) is 0 Å². The molecule has 0 radical (unpaired) electrons. The van der Waals surface area contributed by atoms with Gasteiger partial charge in [-0.3, -0.25) is 0 Å². The molecule has 1 aromatic rings. The summed E-state index contributed by atoms with van der Waals surface area (Å²) in [5, 5.41) is 9.38. The molecule has 0 aliphatic carbocycles. The summed E-state index contributed by atoms with van der Waals surface area (Å²) in [4.78, 5) is 11.4. The van der Waals surface area contributed by atoms with Gasteiger partial charge in [-0.25, -0.2) is 4.79 Å². The fraction of sp³-hybridized carbons (Fsp3) is 0.222. The summed E-state index contributed by atoms with van der Waals surface area (Å²) >= 11 is 4.61. The quantitative estimate of drug-likeness (QED) is 0.681. The second kappa shape index (κ2) is 5.26. The largest absolute Gasteiger partial charge is 0.507 e. The van der Waals surface area contributed by atoms with Crippen molar-refractivity contribution in [1.82, 2.24) is 0 Å². The summed E-state index contributed by atoms with van der Waals surface area (Å²) in [5.41, 5.74) is 0.174. The van der Waals surface area contributed by atoms with Crippen molar-refractivity contribution in [2.75, 3.05) is 12.2 Å². The van der Waals surface area contributed by atoms with E-state index in [-0.39, 0.29) is 17.3 Å². The molecule has 0 saturated carbocycles. The van der Waals surface area contributed by atoms with E-state index in [0.717, 1.165) is 4.47 Å². The van der Waals surface area contributed by atoms with Crippen LogP contribution < -0.4 is 0 Å². The van der Waals surface area contributed by atoms with Gasteiger partial charge in [0.05, 0.1) is 0 Å². The molecule has 0 aliphatic heterocycles. The summed E-state index contributed by atoms with van der Waals surface area (Å²) < 4.78 is 5.58. The molecular weight excluding hydrogens is 268 g/mol. The van der Waals surface area contributed by atoms with E-state index >= 15 is 0 Å². The van der Waals surface area contributed by atoms with Gasteiger partial charge in [0, 0.05) is 4.47 Å². The molecule has 1 aromatic carbocycles. The summed E-state index contributed by atoms with van der Waals surface area (Å²) in [5.74, 6) is -0.303. The number of phenolic OH excluding ortho intramolecular Hbond substituents is 1. The Labute approximate surface area is 94.6 Å². The van der Waals surface area contributed by atoms with Crippen LogP contribution in [0.5, 0.6) is 5.75 Å². The highest BCUT2D eigenvalue weighted by molar-refractivity contribution is 9.10. The number of hydrogen-bond donors (Lipinski definition) is 1. The predicted molar refractivity (Wildman–Crippen MR) is 59.6 cm³/mol. The number of rotatable bonds is 3. The van der Waals surface area contributed by atoms with Crippen LogP contribution >= 0.6 is 27.7 Å². The van der Waals surface area contributed by atoms with Crippen molar-refractivity contribution in [3.8, 4) is 5.75 Å². The number of carbonyl (C=O) groups is 1. The number of carbonyl (C=O) groups excluding carboxylic acids is 1. The van der Waals surface area contributed by atoms with Gasteiger partial charge >= 0.3 is 5.97 Å². The molecule has 1 N–H and O–H groups in total. The van der Waals surface area contributed by atoms with Crippen LogP contribution in [-0.2, 0) is 4.74 Å². The van der Waals surface area contributed by atoms with E-state index in [1.807, 2.05) is 6.26 Å². The van der Waals surface area contributed by atoms with Crippen molar-refractivity contribution in [2.45, 2.75) is 0 Å². The fourth-order valence-electron chi connectivity index (χ4n) is 0.862. The van der Waals surface area contributed by atoms with Crippen molar-refractivity contribution in [2.24, 2.45) is 0 Å². The molecule has 0 amide bonds. The van der Waals surface area contributed by atoms with Crippen LogP contribution in [0.15, 0.2) is 22.7 Å². The Morgan fingerprint density at radius 1 is 1.64 bits per heavy atom. The highest BCUT2D eigenvalue weighted by atomic mass is 79.9. The second-order valence-electron chi connectivity index (χ2n) is 2.50. The third kappa shape index (κ3) is 2.92. The van der Waals surface area contributed by atoms with E-state index in [9.17, 15) is 9.90 Å². The molecule has 76 valence electrons. The Bertz CT molecular complexity index is 341. The molecule has 0 heterocycles. The highest BCUT2D eigenvalue weighted by Gasteiger charge is 2.12. The monoisotopic (exact) mass is 276 g/mol. The van der Waals surface area contributed by atoms with Gasteiger partial charge in [-0.2, -0.15) is 0 Å². The summed E-state index contributed by atoms with van der Waals surface area (Å²) in [6.45, 7) is 0. The molecule has 0 aliphatic rings. The van der Waals surface area contributed by atoms with Crippen LogP contribution in [-0.4, -0.2) is 23.3 Å². The van der Waals surface area contributed by atoms with E-state index in [2.05, 4.69) is 15.9 Å². The number of phenols is 1. The minimum atomic E-state index is -0.516. The standard InChI is InChI=1S/C9H9BrO3S/c1-14-5-13-9(12)7-4-6(10)2-3-8(7)11/h2-4,11H,5H2,1H3. The lowest BCUT2D eigenvalue weighted by atomic mass is 10.2. The number of esters is 1. The highest BCUT2D eigenvalue weighted by Crippen LogP contribution is 2.22. The predicted octanol–water partition coefficient (Wildman–Crippen LogP) is 2.63. The van der Waals surface area contributed by atoms with Gasteiger partial charge in [0.15, 0.2) is 0 Å². The molecule has 14 heavy (non-hydrogen) atoms. The van der Waals surface area contributed by atoms with Crippen molar-refractivity contribution < 1.29 is 14.6 Å². The third-order valence-electron chi connectivity index (χ3n) is 1.49. The zero-order valence-corrected chi connectivity index (χ0v) is 9.89. The Morgan fingerprint density at radius 2 is 2.36 bits per heavy atom. The van der Waals surface area contributed by atoms with Gasteiger partial charge in [-0.1, -0.05) is 15.9 Å².